The molecule has 1 atom stereocenters. The van der Waals surface area contributed by atoms with Crippen LogP contribution in [0.4, 0.5) is 0 Å². The Morgan fingerprint density at radius 3 is 3.07 bits per heavy atom. The molecule has 0 amide bonds. The highest BCUT2D eigenvalue weighted by molar-refractivity contribution is 5.74. The Labute approximate surface area is 81.0 Å². The molecule has 0 saturated heterocycles. The minimum Gasteiger partial charge on any atom is -0.475 e. The molecule has 1 heterocycles. The first-order valence-electron chi connectivity index (χ1n) is 4.09. The molecule has 0 spiro atoms. The molecule has 5 heteroatoms. The fraction of sp³-hybridized carbons (Fsp3) is 0.333. The van der Waals surface area contributed by atoms with Gasteiger partial charge in [0.25, 0.3) is 0 Å². The lowest BCUT2D eigenvalue weighted by Crippen LogP contribution is -2.21. The standard InChI is InChI=1S/C9H11NO4/c11-4-7-1-2-10-9(3-7)14-6-8(13)5-12/h1-4,8,12-13H,5-6H2. The maximum absolute atomic E-state index is 10.4. The zero-order valence-electron chi connectivity index (χ0n) is 7.46. The van der Waals surface area contributed by atoms with Gasteiger partial charge in [-0.1, -0.05) is 0 Å². The van der Waals surface area contributed by atoms with E-state index in [0.29, 0.717) is 11.8 Å². The Hall–Kier alpha value is -1.46. The van der Waals surface area contributed by atoms with Gasteiger partial charge in [0.15, 0.2) is 0 Å². The van der Waals surface area contributed by atoms with E-state index in [0.717, 1.165) is 0 Å². The number of hydrogen-bond acceptors (Lipinski definition) is 5. The lowest BCUT2D eigenvalue weighted by molar-refractivity contribution is 0.0521. The van der Waals surface area contributed by atoms with E-state index in [-0.39, 0.29) is 19.1 Å². The van der Waals surface area contributed by atoms with Crippen LogP contribution in [0.2, 0.25) is 0 Å². The van der Waals surface area contributed by atoms with Crippen LogP contribution in [-0.4, -0.2) is 40.8 Å². The first-order valence-corrected chi connectivity index (χ1v) is 4.09. The SMILES string of the molecule is O=Cc1ccnc(OCC(O)CO)c1. The van der Waals surface area contributed by atoms with E-state index in [1.807, 2.05) is 0 Å². The summed E-state index contributed by atoms with van der Waals surface area (Å²) >= 11 is 0. The first kappa shape index (κ1) is 10.6. The van der Waals surface area contributed by atoms with Gasteiger partial charge < -0.3 is 14.9 Å². The van der Waals surface area contributed by atoms with Crippen molar-refractivity contribution in [3.8, 4) is 5.88 Å². The second-order valence-electron chi connectivity index (χ2n) is 2.69. The van der Waals surface area contributed by atoms with Crippen molar-refractivity contribution in [2.75, 3.05) is 13.2 Å². The Morgan fingerprint density at radius 2 is 2.43 bits per heavy atom. The summed E-state index contributed by atoms with van der Waals surface area (Å²) in [6.07, 6.45) is 1.18. The van der Waals surface area contributed by atoms with Gasteiger partial charge in [0.2, 0.25) is 5.88 Å². The molecule has 0 fully saturated rings. The van der Waals surface area contributed by atoms with Gasteiger partial charge in [-0.15, -0.1) is 0 Å². The van der Waals surface area contributed by atoms with Gasteiger partial charge in [0, 0.05) is 17.8 Å². The third kappa shape index (κ3) is 3.12. The third-order valence-electron chi connectivity index (χ3n) is 1.53. The number of aliphatic hydroxyl groups is 2. The van der Waals surface area contributed by atoms with Gasteiger partial charge in [-0.2, -0.15) is 0 Å². The average Bonchev–Trinajstić information content (AvgIpc) is 2.26. The van der Waals surface area contributed by atoms with Crippen LogP contribution in [-0.2, 0) is 0 Å². The molecule has 0 aliphatic heterocycles. The van der Waals surface area contributed by atoms with Gasteiger partial charge in [0.05, 0.1) is 6.61 Å². The van der Waals surface area contributed by atoms with E-state index in [1.54, 1.807) is 6.07 Å². The van der Waals surface area contributed by atoms with Crippen molar-refractivity contribution in [3.63, 3.8) is 0 Å². The van der Waals surface area contributed by atoms with Crippen LogP contribution >= 0.6 is 0 Å². The zero-order chi connectivity index (χ0) is 10.4. The number of aldehydes is 1. The van der Waals surface area contributed by atoms with E-state index in [1.165, 1.54) is 12.3 Å². The van der Waals surface area contributed by atoms with Crippen LogP contribution in [0, 0.1) is 0 Å². The Bertz CT molecular complexity index is 303. The molecule has 5 nitrogen and oxygen atoms in total. The van der Waals surface area contributed by atoms with E-state index in [9.17, 15) is 4.79 Å². The largest absolute Gasteiger partial charge is 0.475 e. The molecule has 0 radical (unpaired) electrons. The summed E-state index contributed by atoms with van der Waals surface area (Å²) in [6.45, 7) is -0.417. The molecule has 1 aromatic heterocycles. The summed E-state index contributed by atoms with van der Waals surface area (Å²) < 4.78 is 5.02. The number of ether oxygens (including phenoxy) is 1. The average molecular weight is 197 g/mol. The van der Waals surface area contributed by atoms with Gasteiger partial charge in [-0.05, 0) is 6.07 Å². The highest BCUT2D eigenvalue weighted by Gasteiger charge is 2.03. The fourth-order valence-electron chi connectivity index (χ4n) is 0.811. The molecule has 0 saturated carbocycles. The smallest absolute Gasteiger partial charge is 0.213 e. The van der Waals surface area contributed by atoms with Crippen molar-refractivity contribution in [2.45, 2.75) is 6.10 Å². The second kappa shape index (κ2) is 5.31. The number of aliphatic hydroxyl groups excluding tert-OH is 2. The molecule has 0 bridgehead atoms. The Kier molecular flexibility index (Phi) is 4.03. The van der Waals surface area contributed by atoms with Crippen LogP contribution in [0.25, 0.3) is 0 Å². The van der Waals surface area contributed by atoms with Crippen molar-refractivity contribution in [2.24, 2.45) is 0 Å². The number of hydrogen-bond donors (Lipinski definition) is 2. The maximum Gasteiger partial charge on any atom is 0.213 e. The predicted molar refractivity (Wildman–Crippen MR) is 48.2 cm³/mol. The van der Waals surface area contributed by atoms with Gasteiger partial charge in [0.1, 0.15) is 19.0 Å². The lowest BCUT2D eigenvalue weighted by atomic mass is 10.3. The van der Waals surface area contributed by atoms with Crippen molar-refractivity contribution >= 4 is 6.29 Å². The van der Waals surface area contributed by atoms with Crippen molar-refractivity contribution in [1.29, 1.82) is 0 Å². The molecule has 1 aromatic rings. The first-order chi connectivity index (χ1) is 6.76. The number of aromatic nitrogens is 1. The Morgan fingerprint density at radius 1 is 1.64 bits per heavy atom. The number of carbonyl (C=O) groups is 1. The summed E-state index contributed by atoms with van der Waals surface area (Å²) in [5, 5.41) is 17.5. The van der Waals surface area contributed by atoms with E-state index in [4.69, 9.17) is 14.9 Å². The van der Waals surface area contributed by atoms with Crippen LogP contribution in [0.1, 0.15) is 10.4 Å². The van der Waals surface area contributed by atoms with E-state index in [2.05, 4.69) is 4.98 Å². The van der Waals surface area contributed by atoms with Crippen molar-refractivity contribution in [3.05, 3.63) is 23.9 Å². The summed E-state index contributed by atoms with van der Waals surface area (Å²) in [5.74, 6) is 0.252. The van der Waals surface area contributed by atoms with E-state index >= 15 is 0 Å². The second-order valence-corrected chi connectivity index (χ2v) is 2.69. The number of pyridine rings is 1. The molecule has 76 valence electrons. The molecule has 2 N–H and O–H groups in total. The maximum atomic E-state index is 10.4. The fourth-order valence-corrected chi connectivity index (χ4v) is 0.811. The van der Waals surface area contributed by atoms with Crippen molar-refractivity contribution < 1.29 is 19.7 Å². The highest BCUT2D eigenvalue weighted by atomic mass is 16.5. The number of rotatable bonds is 5. The van der Waals surface area contributed by atoms with Crippen LogP contribution in [0.5, 0.6) is 5.88 Å². The molecule has 14 heavy (non-hydrogen) atoms. The molecule has 1 rings (SSSR count). The molecule has 0 aliphatic carbocycles. The van der Waals surface area contributed by atoms with Gasteiger partial charge in [-0.25, -0.2) is 4.98 Å². The molecule has 0 aromatic carbocycles. The van der Waals surface area contributed by atoms with Crippen LogP contribution in [0.3, 0.4) is 0 Å². The normalized spacial score (nSPS) is 12.1. The molecule has 0 aliphatic rings. The minimum atomic E-state index is -0.934. The quantitative estimate of drug-likeness (QED) is 0.629. The van der Waals surface area contributed by atoms with E-state index < -0.39 is 6.10 Å². The van der Waals surface area contributed by atoms with Gasteiger partial charge in [-0.3, -0.25) is 4.79 Å². The van der Waals surface area contributed by atoms with Crippen molar-refractivity contribution in [1.82, 2.24) is 4.98 Å². The monoisotopic (exact) mass is 197 g/mol. The summed E-state index contributed by atoms with van der Waals surface area (Å²) in [6, 6.07) is 3.00. The third-order valence-corrected chi connectivity index (χ3v) is 1.53. The molecular formula is C9H11NO4. The predicted octanol–water partition coefficient (Wildman–Crippen LogP) is -0.374. The Balaban J connectivity index is 2.54. The topological polar surface area (TPSA) is 79.7 Å². The summed E-state index contributed by atoms with van der Waals surface area (Å²) in [5.41, 5.74) is 0.452. The lowest BCUT2D eigenvalue weighted by Gasteiger charge is -2.08. The number of carbonyl (C=O) groups excluding carboxylic acids is 1. The minimum absolute atomic E-state index is 0.0498. The van der Waals surface area contributed by atoms with Crippen LogP contribution < -0.4 is 4.74 Å². The van der Waals surface area contributed by atoms with Gasteiger partial charge >= 0.3 is 0 Å². The summed E-state index contributed by atoms with van der Waals surface area (Å²) in [4.78, 5) is 14.2. The van der Waals surface area contributed by atoms with Crippen LogP contribution in [0.15, 0.2) is 18.3 Å². The molecular weight excluding hydrogens is 186 g/mol. The number of nitrogens with zero attached hydrogens (tertiary/aromatic N) is 1. The molecule has 1 unspecified atom stereocenters. The highest BCUT2D eigenvalue weighted by Crippen LogP contribution is 2.07. The summed E-state index contributed by atoms with van der Waals surface area (Å²) in [7, 11) is 0. The zero-order valence-corrected chi connectivity index (χ0v) is 7.46.